The number of oxime groups is 1. The molecular weight excluding hydrogens is 405 g/mol. The Morgan fingerprint density at radius 3 is 2.47 bits per heavy atom. The summed E-state index contributed by atoms with van der Waals surface area (Å²) >= 11 is 1.96. The Balaban J connectivity index is 0.000000194. The highest BCUT2D eigenvalue weighted by molar-refractivity contribution is 7.99. The molecule has 7 nitrogen and oxygen atoms in total. The third-order valence-electron chi connectivity index (χ3n) is 6.03. The second-order valence-electron chi connectivity index (χ2n) is 7.88. The van der Waals surface area contributed by atoms with Crippen LogP contribution in [0.4, 0.5) is 10.2 Å². The number of amidine groups is 1. The quantitative estimate of drug-likeness (QED) is 0.286. The zero-order valence-corrected chi connectivity index (χ0v) is 18.5. The van der Waals surface area contributed by atoms with Crippen molar-refractivity contribution >= 4 is 23.4 Å². The molecule has 0 saturated heterocycles. The summed E-state index contributed by atoms with van der Waals surface area (Å²) in [5, 5.41) is 23.0. The summed E-state index contributed by atoms with van der Waals surface area (Å²) in [6, 6.07) is 5.39. The van der Waals surface area contributed by atoms with Crippen molar-refractivity contribution in [1.82, 2.24) is 10.3 Å². The minimum Gasteiger partial charge on any atom is -0.409 e. The fourth-order valence-electron chi connectivity index (χ4n) is 4.35. The van der Waals surface area contributed by atoms with Gasteiger partial charge >= 0.3 is 0 Å². The van der Waals surface area contributed by atoms with E-state index in [-0.39, 0.29) is 17.3 Å². The van der Waals surface area contributed by atoms with E-state index in [4.69, 9.17) is 10.9 Å². The number of aryl methyl sites for hydroxylation is 2. The van der Waals surface area contributed by atoms with Gasteiger partial charge in [-0.25, -0.2) is 9.02 Å². The zero-order chi connectivity index (χ0) is 21.7. The smallest absolute Gasteiger partial charge is 0.202 e. The minimum absolute atomic E-state index is 0.0936. The Hall–Kier alpha value is -2.29. The first kappa shape index (κ1) is 22.4. The molecule has 2 saturated carbocycles. The number of hydrogen-bond donors (Lipinski definition) is 3. The lowest BCUT2D eigenvalue weighted by Crippen LogP contribution is -2.53. The number of nitrogens with one attached hydrogen (secondary N) is 1. The van der Waals surface area contributed by atoms with Crippen LogP contribution < -0.4 is 11.1 Å². The number of aromatic nitrogens is 2. The fraction of sp³-hybridized carbons (Fsp3) is 0.571. The Bertz CT molecular complexity index is 874. The normalized spacial score (nSPS) is 25.9. The van der Waals surface area contributed by atoms with Crippen LogP contribution in [0.15, 0.2) is 28.0 Å². The van der Waals surface area contributed by atoms with Gasteiger partial charge in [0.1, 0.15) is 5.82 Å². The highest BCUT2D eigenvalue weighted by Crippen LogP contribution is 2.59. The summed E-state index contributed by atoms with van der Waals surface area (Å²) < 4.78 is 17.0. The largest absolute Gasteiger partial charge is 0.409 e. The lowest BCUT2D eigenvalue weighted by atomic mass is 9.54. The molecule has 1 aromatic carbocycles. The van der Waals surface area contributed by atoms with Crippen molar-refractivity contribution in [3.05, 3.63) is 40.8 Å². The first-order valence-electron chi connectivity index (χ1n) is 10.4. The van der Waals surface area contributed by atoms with Gasteiger partial charge in [0, 0.05) is 11.3 Å². The summed E-state index contributed by atoms with van der Waals surface area (Å²) in [6.45, 7) is 4.00. The summed E-state index contributed by atoms with van der Waals surface area (Å²) in [4.78, 5) is 0. The Morgan fingerprint density at radius 1 is 1.23 bits per heavy atom. The average Bonchev–Trinajstić information content (AvgIpc) is 3.15. The Kier molecular flexibility index (Phi) is 7.23. The van der Waals surface area contributed by atoms with Gasteiger partial charge in [-0.15, -0.1) is 0 Å². The molecule has 0 aliphatic heterocycles. The maximum absolute atomic E-state index is 12.4. The van der Waals surface area contributed by atoms with Gasteiger partial charge in [0.05, 0.1) is 0 Å². The number of rotatable bonds is 4. The van der Waals surface area contributed by atoms with Gasteiger partial charge in [-0.05, 0) is 83.8 Å². The lowest BCUT2D eigenvalue weighted by Gasteiger charge is -2.57. The van der Waals surface area contributed by atoms with Crippen LogP contribution in [-0.2, 0) is 12.8 Å². The standard InChI is InChI=1S/C11H17N5O2S.C8H7F.C2H6/c1-19-7-4-11(5-7)2-6(3-11)13-10-8(9(12)14-17)15-18-16-10;9-8-4-3-6-1-2-7(6)5-8;1-2/h6-7,17H,2-5H2,1H3,(H2,12,14)(H,13,16);3-5H,1-2H2;1-2H3. The third kappa shape index (κ3) is 4.71. The van der Waals surface area contributed by atoms with Gasteiger partial charge in [-0.3, -0.25) is 0 Å². The van der Waals surface area contributed by atoms with Crippen LogP contribution in [0.25, 0.3) is 0 Å². The summed E-state index contributed by atoms with van der Waals surface area (Å²) in [7, 11) is 0. The van der Waals surface area contributed by atoms with E-state index in [1.807, 2.05) is 31.7 Å². The first-order valence-corrected chi connectivity index (χ1v) is 11.7. The van der Waals surface area contributed by atoms with Crippen molar-refractivity contribution in [2.45, 2.75) is 63.7 Å². The molecule has 3 aliphatic rings. The van der Waals surface area contributed by atoms with Crippen molar-refractivity contribution < 1.29 is 14.2 Å². The maximum Gasteiger partial charge on any atom is 0.202 e. The molecule has 0 bridgehead atoms. The summed E-state index contributed by atoms with van der Waals surface area (Å²) in [6.07, 6.45) is 9.30. The highest BCUT2D eigenvalue weighted by Gasteiger charge is 2.52. The van der Waals surface area contributed by atoms with E-state index >= 15 is 0 Å². The summed E-state index contributed by atoms with van der Waals surface area (Å²) in [5.74, 6) is 0.258. The fourth-order valence-corrected chi connectivity index (χ4v) is 5.39. The molecular formula is C21H30FN5O2S. The Morgan fingerprint density at radius 2 is 1.93 bits per heavy atom. The van der Waals surface area contributed by atoms with E-state index in [1.54, 1.807) is 6.07 Å². The molecule has 1 spiro atoms. The Labute approximate surface area is 180 Å². The second-order valence-corrected chi connectivity index (χ2v) is 9.01. The monoisotopic (exact) mass is 435 g/mol. The van der Waals surface area contributed by atoms with Gasteiger partial charge < -0.3 is 16.3 Å². The van der Waals surface area contributed by atoms with Crippen molar-refractivity contribution in [1.29, 1.82) is 0 Å². The number of thioether (sulfide) groups is 1. The molecule has 0 radical (unpaired) electrons. The molecule has 3 aliphatic carbocycles. The number of halogens is 1. The SMILES string of the molecule is CC.CSC1CC2(CC(Nc3nonc3/C(N)=N\O)C2)C1.Fc1ccc2c(c1)CC2. The molecule has 0 unspecified atom stereocenters. The molecule has 164 valence electrons. The molecule has 4 N–H and O–H groups in total. The van der Waals surface area contributed by atoms with Crippen LogP contribution in [-0.4, -0.2) is 38.9 Å². The number of anilines is 1. The summed E-state index contributed by atoms with van der Waals surface area (Å²) in [5.41, 5.74) is 8.81. The highest BCUT2D eigenvalue weighted by atomic mass is 32.2. The van der Waals surface area contributed by atoms with E-state index in [9.17, 15) is 4.39 Å². The number of hydrogen-bond acceptors (Lipinski definition) is 7. The van der Waals surface area contributed by atoms with Crippen molar-refractivity contribution in [3.8, 4) is 0 Å². The zero-order valence-electron chi connectivity index (χ0n) is 17.7. The minimum atomic E-state index is -0.103. The third-order valence-corrected chi connectivity index (χ3v) is 7.03. The van der Waals surface area contributed by atoms with E-state index in [2.05, 4.69) is 31.7 Å². The number of nitrogens with zero attached hydrogens (tertiary/aromatic N) is 3. The van der Waals surface area contributed by atoms with Gasteiger partial charge in [-0.1, -0.05) is 25.1 Å². The molecule has 1 aromatic heterocycles. The second kappa shape index (κ2) is 9.68. The topological polar surface area (TPSA) is 110 Å². The van der Waals surface area contributed by atoms with Crippen LogP contribution in [0.5, 0.6) is 0 Å². The molecule has 0 amide bonds. The molecule has 5 rings (SSSR count). The maximum atomic E-state index is 12.4. The number of fused-ring (bicyclic) bond motifs is 1. The molecule has 9 heteroatoms. The van der Waals surface area contributed by atoms with Crippen LogP contribution in [0, 0.1) is 11.2 Å². The number of nitrogens with two attached hydrogens (primary N) is 1. The van der Waals surface area contributed by atoms with E-state index in [0.717, 1.165) is 30.9 Å². The molecule has 1 heterocycles. The van der Waals surface area contributed by atoms with Crippen LogP contribution >= 0.6 is 11.8 Å². The molecule has 2 fully saturated rings. The van der Waals surface area contributed by atoms with Gasteiger partial charge in [-0.2, -0.15) is 11.8 Å². The van der Waals surface area contributed by atoms with Crippen molar-refractivity contribution in [3.63, 3.8) is 0 Å². The van der Waals surface area contributed by atoms with Crippen LogP contribution in [0.3, 0.4) is 0 Å². The van der Waals surface area contributed by atoms with E-state index in [1.165, 1.54) is 30.0 Å². The molecule has 30 heavy (non-hydrogen) atoms. The van der Waals surface area contributed by atoms with Gasteiger partial charge in [0.15, 0.2) is 11.5 Å². The lowest BCUT2D eigenvalue weighted by molar-refractivity contribution is 0.0255. The van der Waals surface area contributed by atoms with Gasteiger partial charge in [0.2, 0.25) is 5.82 Å². The predicted molar refractivity (Wildman–Crippen MR) is 118 cm³/mol. The van der Waals surface area contributed by atoms with Crippen LogP contribution in [0.1, 0.15) is 56.4 Å². The first-order chi connectivity index (χ1) is 14.5. The van der Waals surface area contributed by atoms with Gasteiger partial charge in [0.25, 0.3) is 0 Å². The average molecular weight is 436 g/mol. The van der Waals surface area contributed by atoms with Crippen molar-refractivity contribution in [2.75, 3.05) is 11.6 Å². The van der Waals surface area contributed by atoms with E-state index in [0.29, 0.717) is 17.3 Å². The number of benzene rings is 1. The van der Waals surface area contributed by atoms with E-state index < -0.39 is 0 Å². The predicted octanol–water partition coefficient (Wildman–Crippen LogP) is 4.20. The molecule has 0 atom stereocenters. The van der Waals surface area contributed by atoms with Crippen LogP contribution in [0.2, 0.25) is 0 Å². The van der Waals surface area contributed by atoms with Crippen molar-refractivity contribution in [2.24, 2.45) is 16.3 Å². The molecule has 2 aromatic rings.